The third-order valence-electron chi connectivity index (χ3n) is 3.11. The van der Waals surface area contributed by atoms with E-state index in [1.165, 1.54) is 7.11 Å². The van der Waals surface area contributed by atoms with Crippen LogP contribution in [0.1, 0.15) is 27.0 Å². The number of hydrogen-bond donors (Lipinski definition) is 0. The van der Waals surface area contributed by atoms with Gasteiger partial charge < -0.3 is 4.74 Å². The van der Waals surface area contributed by atoms with Gasteiger partial charge in [0.2, 0.25) is 0 Å². The minimum Gasteiger partial charge on any atom is -0.469 e. The van der Waals surface area contributed by atoms with Gasteiger partial charge in [0.1, 0.15) is 0 Å². The number of rotatable bonds is 4. The maximum atomic E-state index is 12.3. The zero-order valence-electron chi connectivity index (χ0n) is 11.6. The van der Waals surface area contributed by atoms with E-state index < -0.39 is 0 Å². The van der Waals surface area contributed by atoms with Crippen molar-refractivity contribution in [1.29, 1.82) is 0 Å². The maximum Gasteiger partial charge on any atom is 0.309 e. The van der Waals surface area contributed by atoms with E-state index in [-0.39, 0.29) is 18.2 Å². The van der Waals surface area contributed by atoms with Crippen molar-refractivity contribution in [1.82, 2.24) is 0 Å². The van der Waals surface area contributed by atoms with Gasteiger partial charge in [-0.25, -0.2) is 0 Å². The molecular weight excluding hydrogens is 252 g/mol. The first-order valence-corrected chi connectivity index (χ1v) is 6.37. The molecule has 0 N–H and O–H groups in total. The van der Waals surface area contributed by atoms with Gasteiger partial charge in [-0.2, -0.15) is 0 Å². The topological polar surface area (TPSA) is 43.4 Å². The smallest absolute Gasteiger partial charge is 0.309 e. The molecule has 0 aromatic heterocycles. The van der Waals surface area contributed by atoms with Crippen LogP contribution in [0.25, 0.3) is 0 Å². The Kier molecular flexibility index (Phi) is 4.31. The molecule has 0 fully saturated rings. The molecule has 0 amide bonds. The molecule has 2 rings (SSSR count). The summed E-state index contributed by atoms with van der Waals surface area (Å²) < 4.78 is 4.61. The van der Waals surface area contributed by atoms with E-state index in [0.717, 1.165) is 11.1 Å². The van der Waals surface area contributed by atoms with Crippen molar-refractivity contribution in [2.45, 2.75) is 13.3 Å². The Morgan fingerprint density at radius 1 is 0.900 bits per heavy atom. The molecule has 102 valence electrons. The van der Waals surface area contributed by atoms with E-state index in [9.17, 15) is 9.59 Å². The van der Waals surface area contributed by atoms with Gasteiger partial charge in [-0.1, -0.05) is 54.1 Å². The van der Waals surface area contributed by atoms with Crippen LogP contribution in [-0.2, 0) is 16.0 Å². The van der Waals surface area contributed by atoms with Crippen LogP contribution in [0.5, 0.6) is 0 Å². The summed E-state index contributed by atoms with van der Waals surface area (Å²) >= 11 is 0. The molecule has 3 heteroatoms. The van der Waals surface area contributed by atoms with Gasteiger partial charge in [-0.15, -0.1) is 0 Å². The second-order valence-corrected chi connectivity index (χ2v) is 4.64. The fraction of sp³-hybridized carbons (Fsp3) is 0.176. The van der Waals surface area contributed by atoms with Crippen molar-refractivity contribution < 1.29 is 14.3 Å². The van der Waals surface area contributed by atoms with Crippen LogP contribution in [-0.4, -0.2) is 18.9 Å². The molecule has 0 unspecified atom stereocenters. The first kappa shape index (κ1) is 14.0. The molecule has 0 heterocycles. The molecular formula is C17H16O3. The predicted octanol–water partition coefficient (Wildman–Crippen LogP) is 2.94. The summed E-state index contributed by atoms with van der Waals surface area (Å²) in [6, 6.07) is 14.5. The van der Waals surface area contributed by atoms with Crippen LogP contribution in [0.4, 0.5) is 0 Å². The second-order valence-electron chi connectivity index (χ2n) is 4.64. The van der Waals surface area contributed by atoms with Gasteiger partial charge in [-0.3, -0.25) is 9.59 Å². The fourth-order valence-electron chi connectivity index (χ4n) is 1.88. The third-order valence-corrected chi connectivity index (χ3v) is 3.11. The van der Waals surface area contributed by atoms with Crippen LogP contribution in [0, 0.1) is 6.92 Å². The lowest BCUT2D eigenvalue weighted by Crippen LogP contribution is -2.05. The Labute approximate surface area is 118 Å². The highest BCUT2D eigenvalue weighted by Crippen LogP contribution is 2.12. The number of methoxy groups -OCH3 is 1. The molecule has 0 atom stereocenters. The summed E-state index contributed by atoms with van der Waals surface area (Å²) in [5.41, 5.74) is 3.23. The van der Waals surface area contributed by atoms with Gasteiger partial charge in [0.25, 0.3) is 0 Å². The van der Waals surface area contributed by atoms with Gasteiger partial charge in [-0.05, 0) is 12.5 Å². The molecule has 2 aromatic rings. The number of carbonyl (C=O) groups excluding carboxylic acids is 2. The zero-order chi connectivity index (χ0) is 14.5. The number of ether oxygens (including phenoxy) is 1. The Bertz CT molecular complexity index is 610. The summed E-state index contributed by atoms with van der Waals surface area (Å²) in [5, 5.41) is 0. The number of ketones is 1. The Balaban J connectivity index is 2.15. The van der Waals surface area contributed by atoms with Crippen molar-refractivity contribution in [3.63, 3.8) is 0 Å². The minimum atomic E-state index is -0.289. The number of aryl methyl sites for hydroxylation is 1. The molecule has 20 heavy (non-hydrogen) atoms. The Hall–Kier alpha value is -2.42. The van der Waals surface area contributed by atoms with Gasteiger partial charge in [0.15, 0.2) is 5.78 Å². The van der Waals surface area contributed by atoms with E-state index in [1.54, 1.807) is 24.3 Å². The average molecular weight is 268 g/mol. The third kappa shape index (κ3) is 3.32. The lowest BCUT2D eigenvalue weighted by molar-refractivity contribution is -0.139. The van der Waals surface area contributed by atoms with Crippen molar-refractivity contribution in [3.05, 3.63) is 70.8 Å². The van der Waals surface area contributed by atoms with E-state index in [4.69, 9.17) is 0 Å². The monoisotopic (exact) mass is 268 g/mol. The number of carbonyl (C=O) groups is 2. The maximum absolute atomic E-state index is 12.3. The van der Waals surface area contributed by atoms with E-state index in [2.05, 4.69) is 4.74 Å². The number of hydrogen-bond acceptors (Lipinski definition) is 3. The summed E-state index contributed by atoms with van der Waals surface area (Å²) in [5.74, 6) is -0.308. The lowest BCUT2D eigenvalue weighted by atomic mass is 10.0. The van der Waals surface area contributed by atoms with Crippen molar-refractivity contribution >= 4 is 11.8 Å². The normalized spacial score (nSPS) is 10.1. The molecule has 0 spiro atoms. The SMILES string of the molecule is COC(=O)Cc1ccc(C(=O)c2ccc(C)cc2)cc1. The van der Waals surface area contributed by atoms with Crippen LogP contribution in [0.2, 0.25) is 0 Å². The number of esters is 1. The van der Waals surface area contributed by atoms with Crippen molar-refractivity contribution in [3.8, 4) is 0 Å². The molecule has 0 radical (unpaired) electrons. The summed E-state index contributed by atoms with van der Waals surface area (Å²) in [6.45, 7) is 1.98. The zero-order valence-corrected chi connectivity index (χ0v) is 11.6. The fourth-order valence-corrected chi connectivity index (χ4v) is 1.88. The van der Waals surface area contributed by atoms with Crippen LogP contribution in [0.3, 0.4) is 0 Å². The first-order valence-electron chi connectivity index (χ1n) is 6.37. The average Bonchev–Trinajstić information content (AvgIpc) is 2.48. The highest BCUT2D eigenvalue weighted by molar-refractivity contribution is 6.09. The molecule has 0 aliphatic rings. The van der Waals surface area contributed by atoms with E-state index in [1.807, 2.05) is 31.2 Å². The minimum absolute atomic E-state index is 0.0189. The highest BCUT2D eigenvalue weighted by atomic mass is 16.5. The lowest BCUT2D eigenvalue weighted by Gasteiger charge is -2.04. The first-order chi connectivity index (χ1) is 9.60. The quantitative estimate of drug-likeness (QED) is 0.632. The highest BCUT2D eigenvalue weighted by Gasteiger charge is 2.09. The standard InChI is InChI=1S/C17H16O3/c1-12-3-7-14(8-4-12)17(19)15-9-5-13(6-10-15)11-16(18)20-2/h3-10H,11H2,1-2H3. The summed E-state index contributed by atoms with van der Waals surface area (Å²) in [4.78, 5) is 23.4. The van der Waals surface area contributed by atoms with Crippen LogP contribution < -0.4 is 0 Å². The molecule has 3 nitrogen and oxygen atoms in total. The summed E-state index contributed by atoms with van der Waals surface area (Å²) in [6.07, 6.45) is 0.218. The van der Waals surface area contributed by atoms with Crippen molar-refractivity contribution in [2.24, 2.45) is 0 Å². The molecule has 0 saturated heterocycles. The van der Waals surface area contributed by atoms with Crippen LogP contribution in [0.15, 0.2) is 48.5 Å². The molecule has 2 aromatic carbocycles. The predicted molar refractivity (Wildman–Crippen MR) is 76.8 cm³/mol. The molecule has 0 aliphatic carbocycles. The van der Waals surface area contributed by atoms with E-state index >= 15 is 0 Å². The molecule has 0 bridgehead atoms. The van der Waals surface area contributed by atoms with Gasteiger partial charge >= 0.3 is 5.97 Å². The Morgan fingerprint density at radius 2 is 1.40 bits per heavy atom. The molecule has 0 aliphatic heterocycles. The van der Waals surface area contributed by atoms with Gasteiger partial charge in [0, 0.05) is 11.1 Å². The summed E-state index contributed by atoms with van der Waals surface area (Å²) in [7, 11) is 1.36. The number of benzene rings is 2. The van der Waals surface area contributed by atoms with E-state index in [0.29, 0.717) is 11.1 Å². The Morgan fingerprint density at radius 3 is 1.90 bits per heavy atom. The van der Waals surface area contributed by atoms with Crippen molar-refractivity contribution in [2.75, 3.05) is 7.11 Å². The van der Waals surface area contributed by atoms with Crippen LogP contribution >= 0.6 is 0 Å². The second kappa shape index (κ2) is 6.15. The molecule has 0 saturated carbocycles. The van der Waals surface area contributed by atoms with Gasteiger partial charge in [0.05, 0.1) is 13.5 Å². The largest absolute Gasteiger partial charge is 0.469 e.